The van der Waals surface area contributed by atoms with Gasteiger partial charge in [0.25, 0.3) is 11.8 Å². The smallest absolute Gasteiger partial charge is 0.417 e. The molecule has 0 saturated carbocycles. The van der Waals surface area contributed by atoms with Crippen LogP contribution < -0.4 is 19.3 Å². The molecule has 20 heteroatoms. The number of ketones is 1. The maximum Gasteiger partial charge on any atom is 0.417 e. The van der Waals surface area contributed by atoms with E-state index in [0.29, 0.717) is 42.1 Å². The van der Waals surface area contributed by atoms with E-state index in [9.17, 15) is 37.6 Å². The van der Waals surface area contributed by atoms with Gasteiger partial charge in [-0.25, -0.2) is 4.98 Å². The molecule has 0 spiro atoms. The molecule has 0 unspecified atom stereocenters. The summed E-state index contributed by atoms with van der Waals surface area (Å²) in [6.45, 7) is 17.0. The Morgan fingerprint density at radius 1 is 0.899 bits per heavy atom. The van der Waals surface area contributed by atoms with E-state index < -0.39 is 46.4 Å². The largest absolute Gasteiger partial charge is 0.491 e. The first-order valence-electron chi connectivity index (χ1n) is 26.2. The van der Waals surface area contributed by atoms with Gasteiger partial charge in [0.05, 0.1) is 83.1 Å². The van der Waals surface area contributed by atoms with Gasteiger partial charge in [0.2, 0.25) is 5.91 Å². The number of anilines is 2. The van der Waals surface area contributed by atoms with Crippen LogP contribution in [0.3, 0.4) is 0 Å². The number of carbonyl (C=O) groups is 4. The number of aryl methyl sites for hydroxylation is 2. The Kier molecular flexibility index (Phi) is 18.0. The molecule has 4 heterocycles. The number of nitriles is 1. The van der Waals surface area contributed by atoms with Gasteiger partial charge < -0.3 is 38.4 Å². The van der Waals surface area contributed by atoms with E-state index >= 15 is 0 Å². The molecule has 79 heavy (non-hydrogen) atoms. The van der Waals surface area contributed by atoms with Gasteiger partial charge in [0, 0.05) is 37.2 Å². The number of halogens is 3. The first-order valence-corrected chi connectivity index (χ1v) is 27.5. The number of hydrogen-bond acceptors (Lipinski definition) is 13. The number of amides is 3. The fourth-order valence-electron chi connectivity index (χ4n) is 10.3. The summed E-state index contributed by atoms with van der Waals surface area (Å²) >= 11 is 7.18. The lowest BCUT2D eigenvalue weighted by molar-refractivity contribution is -0.143. The summed E-state index contributed by atoms with van der Waals surface area (Å²) in [7, 11) is 0. The molecule has 8 rings (SSSR count). The molecule has 0 aliphatic carbocycles. The molecule has 3 amide bonds. The number of nitrogens with zero attached hydrogens (tertiary/aromatic N) is 6. The third kappa shape index (κ3) is 13.1. The average Bonchev–Trinajstić information content (AvgIpc) is 4.30. The lowest BCUT2D eigenvalue weighted by Gasteiger charge is -2.35. The molecule has 3 atom stereocenters. The quantitative estimate of drug-likeness (QED) is 0.0476. The zero-order valence-corrected chi connectivity index (χ0v) is 47.2. The molecule has 3 aliphatic heterocycles. The van der Waals surface area contributed by atoms with Crippen molar-refractivity contribution in [3.8, 4) is 28.0 Å². The summed E-state index contributed by atoms with van der Waals surface area (Å²) in [6.07, 6.45) is -4.32. The van der Waals surface area contributed by atoms with Crippen LogP contribution in [0.1, 0.15) is 99.6 Å². The van der Waals surface area contributed by atoms with Crippen molar-refractivity contribution in [2.75, 3.05) is 56.0 Å². The van der Waals surface area contributed by atoms with E-state index in [1.807, 2.05) is 77.9 Å². The standard InChI is InChI=1S/C59H65F3N6O9S2/c1-36(2)51(66-33-41-11-9-10-12-46(41)53(66)70)54(71)65-34-45(77-57(4,5)6)31-48(65)49(69)22-16-38-13-14-39(52-37(3)64-35-79-52)29-50(38)76-28-26-74-24-23-73-25-27-75-44-20-18-42(19-21-44)68-56(78)67(55(72)58(68,7)8)43-17-15-40(32-63)47(30-43)59(60,61)62/h9-15,17-21,29-30,35-36,45,48,51H,16,22-28,31,33-34H2,1-8H3/t45-,48+,51+/m1/s1. The Balaban J connectivity index is 0.821. The Morgan fingerprint density at radius 2 is 1.57 bits per heavy atom. The number of carbonyl (C=O) groups excluding carboxylic acids is 4. The van der Waals surface area contributed by atoms with E-state index in [2.05, 4.69) is 4.98 Å². The minimum Gasteiger partial charge on any atom is -0.491 e. The highest BCUT2D eigenvalue weighted by atomic mass is 32.1. The Bertz CT molecular complexity index is 3120. The van der Waals surface area contributed by atoms with Crippen molar-refractivity contribution in [2.24, 2.45) is 5.92 Å². The van der Waals surface area contributed by atoms with Crippen molar-refractivity contribution in [1.29, 1.82) is 5.26 Å². The number of thiazole rings is 1. The van der Waals surface area contributed by atoms with E-state index in [4.69, 9.17) is 35.9 Å². The zero-order chi connectivity index (χ0) is 57.0. The van der Waals surface area contributed by atoms with Crippen LogP contribution in [0.2, 0.25) is 0 Å². The number of hydrogen-bond donors (Lipinski definition) is 0. The minimum atomic E-state index is -4.81. The number of likely N-dealkylation sites (tertiary alicyclic amines) is 1. The molecule has 15 nitrogen and oxygen atoms in total. The van der Waals surface area contributed by atoms with Gasteiger partial charge in [0.1, 0.15) is 36.3 Å². The maximum absolute atomic E-state index is 14.7. The van der Waals surface area contributed by atoms with Crippen molar-refractivity contribution in [3.63, 3.8) is 0 Å². The van der Waals surface area contributed by atoms with E-state index in [0.717, 1.165) is 44.3 Å². The van der Waals surface area contributed by atoms with Crippen LogP contribution >= 0.6 is 23.6 Å². The molecule has 0 N–H and O–H groups in total. The predicted octanol–water partition coefficient (Wildman–Crippen LogP) is 10.4. The summed E-state index contributed by atoms with van der Waals surface area (Å²) in [5, 5.41) is 9.23. The van der Waals surface area contributed by atoms with Gasteiger partial charge in [-0.1, -0.05) is 44.2 Å². The monoisotopic (exact) mass is 1120 g/mol. The summed E-state index contributed by atoms with van der Waals surface area (Å²) in [6, 6.07) is 23.3. The van der Waals surface area contributed by atoms with Gasteiger partial charge in [-0.05, 0) is 137 Å². The van der Waals surface area contributed by atoms with Crippen LogP contribution in [-0.2, 0) is 47.7 Å². The van der Waals surface area contributed by atoms with Crippen molar-refractivity contribution in [2.45, 2.75) is 117 Å². The summed E-state index contributed by atoms with van der Waals surface area (Å²) in [5.74, 6) is -0.147. The molecule has 0 radical (unpaired) electrons. The Hall–Kier alpha value is -6.76. The van der Waals surface area contributed by atoms with Crippen LogP contribution in [0.25, 0.3) is 10.4 Å². The van der Waals surface area contributed by atoms with Crippen molar-refractivity contribution < 1.29 is 56.0 Å². The van der Waals surface area contributed by atoms with Crippen LogP contribution in [0.15, 0.2) is 90.4 Å². The Labute approximate surface area is 468 Å². The second kappa shape index (κ2) is 24.3. The number of aromatic nitrogens is 1. The van der Waals surface area contributed by atoms with Crippen LogP contribution in [0.5, 0.6) is 11.5 Å². The molecule has 5 aromatic rings. The molecule has 0 bridgehead atoms. The van der Waals surface area contributed by atoms with Crippen LogP contribution in [0.4, 0.5) is 24.5 Å². The molecule has 2 saturated heterocycles. The highest BCUT2D eigenvalue weighted by molar-refractivity contribution is 7.81. The lowest BCUT2D eigenvalue weighted by Crippen LogP contribution is -2.54. The van der Waals surface area contributed by atoms with E-state index in [1.165, 1.54) is 17.4 Å². The first-order chi connectivity index (χ1) is 37.5. The first kappa shape index (κ1) is 58.4. The van der Waals surface area contributed by atoms with Gasteiger partial charge in [0.15, 0.2) is 10.9 Å². The molecule has 3 aliphatic rings. The summed E-state index contributed by atoms with van der Waals surface area (Å²) in [4.78, 5) is 67.8. The lowest BCUT2D eigenvalue weighted by atomic mass is 9.97. The second-order valence-electron chi connectivity index (χ2n) is 21.5. The van der Waals surface area contributed by atoms with Crippen molar-refractivity contribution >= 4 is 63.5 Å². The molecule has 2 fully saturated rings. The van der Waals surface area contributed by atoms with Crippen LogP contribution in [-0.4, -0.2) is 119 Å². The Morgan fingerprint density at radius 3 is 2.20 bits per heavy atom. The molecule has 4 aromatic carbocycles. The number of rotatable bonds is 22. The fraction of sp³-hybridized carbons (Fsp3) is 0.441. The van der Waals surface area contributed by atoms with Crippen LogP contribution in [0, 0.1) is 24.2 Å². The summed E-state index contributed by atoms with van der Waals surface area (Å²) < 4.78 is 71.6. The molecule has 418 valence electrons. The predicted molar refractivity (Wildman–Crippen MR) is 297 cm³/mol. The number of Topliss-reactive ketones (excluding diaryl/α,β-unsaturated/α-hetero) is 1. The zero-order valence-electron chi connectivity index (χ0n) is 45.6. The van der Waals surface area contributed by atoms with E-state index in [-0.39, 0.29) is 93.0 Å². The van der Waals surface area contributed by atoms with Gasteiger partial charge in [-0.3, -0.25) is 24.1 Å². The average molecular weight is 1120 g/mol. The number of ether oxygens (including phenoxy) is 5. The number of fused-ring (bicyclic) bond motifs is 1. The van der Waals surface area contributed by atoms with E-state index in [1.54, 1.807) is 70.5 Å². The number of thiocarbonyl (C=S) groups is 1. The van der Waals surface area contributed by atoms with Crippen molar-refractivity contribution in [1.82, 2.24) is 14.8 Å². The molecule has 1 aromatic heterocycles. The SMILES string of the molecule is Cc1ncsc1-c1ccc(CCC(=O)[C@@H]2C[C@@H](OC(C)(C)C)CN2C(=O)[C@H](C(C)C)N2Cc3ccccc3C2=O)c(OCCOCCOCCOc2ccc(N3C(=S)N(c4ccc(C#N)c(C(F)(F)F)c4)C(=O)C3(C)C)cc2)c1. The number of alkyl halides is 3. The second-order valence-corrected chi connectivity index (χ2v) is 22.7. The maximum atomic E-state index is 14.7. The molecular formula is C59H65F3N6O9S2. The van der Waals surface area contributed by atoms with Gasteiger partial charge >= 0.3 is 6.18 Å². The number of benzene rings is 4. The fourth-order valence-corrected chi connectivity index (χ4v) is 11.6. The summed E-state index contributed by atoms with van der Waals surface area (Å²) in [5.41, 5.74) is 2.88. The third-order valence-corrected chi connectivity index (χ3v) is 15.4. The minimum absolute atomic E-state index is 0.0148. The highest BCUT2D eigenvalue weighted by Crippen LogP contribution is 2.41. The van der Waals surface area contributed by atoms with Crippen molar-refractivity contribution in [3.05, 3.63) is 124 Å². The third-order valence-electron chi connectivity index (χ3n) is 14.0. The normalized spacial score (nSPS) is 17.7. The molecular weight excluding hydrogens is 1060 g/mol. The van der Waals surface area contributed by atoms with Gasteiger partial charge in [-0.15, -0.1) is 11.3 Å². The highest BCUT2D eigenvalue weighted by Gasteiger charge is 2.51. The topological polar surface area (TPSA) is 164 Å². The van der Waals surface area contributed by atoms with Gasteiger partial charge in [-0.2, -0.15) is 18.4 Å².